The Morgan fingerprint density at radius 2 is 2.10 bits per heavy atom. The van der Waals surface area contributed by atoms with Crippen LogP contribution in [0.3, 0.4) is 0 Å². The molecular formula is C16H23N5. The molecule has 0 saturated carbocycles. The molecule has 2 aromatic rings. The van der Waals surface area contributed by atoms with E-state index in [2.05, 4.69) is 37.3 Å². The summed E-state index contributed by atoms with van der Waals surface area (Å²) in [4.78, 5) is 14.2. The number of aromatic nitrogens is 3. The van der Waals surface area contributed by atoms with Crippen LogP contribution in [0.1, 0.15) is 25.1 Å². The van der Waals surface area contributed by atoms with Crippen LogP contribution in [0.4, 0.5) is 5.82 Å². The van der Waals surface area contributed by atoms with Gasteiger partial charge < -0.3 is 15.2 Å². The molecule has 0 unspecified atom stereocenters. The zero-order valence-corrected chi connectivity index (χ0v) is 12.3. The van der Waals surface area contributed by atoms with Crippen molar-refractivity contribution in [3.05, 3.63) is 42.6 Å². The van der Waals surface area contributed by atoms with Crippen molar-refractivity contribution in [1.29, 1.82) is 0 Å². The van der Waals surface area contributed by atoms with Crippen LogP contribution in [0.25, 0.3) is 0 Å². The summed E-state index contributed by atoms with van der Waals surface area (Å²) in [5.41, 5.74) is 0. The average molecular weight is 285 g/mol. The van der Waals surface area contributed by atoms with Crippen LogP contribution in [0, 0.1) is 0 Å². The van der Waals surface area contributed by atoms with Gasteiger partial charge in [0.25, 0.3) is 0 Å². The van der Waals surface area contributed by atoms with Crippen molar-refractivity contribution in [3.63, 3.8) is 0 Å². The van der Waals surface area contributed by atoms with E-state index in [1.165, 1.54) is 12.8 Å². The third kappa shape index (κ3) is 4.04. The third-order valence-electron chi connectivity index (χ3n) is 4.05. The first kappa shape index (κ1) is 14.1. The zero-order chi connectivity index (χ0) is 14.3. The molecule has 3 heterocycles. The minimum atomic E-state index is 0.640. The summed E-state index contributed by atoms with van der Waals surface area (Å²) in [6.07, 6.45) is 10.1. The van der Waals surface area contributed by atoms with Crippen molar-refractivity contribution < 1.29 is 0 Å². The highest BCUT2D eigenvalue weighted by molar-refractivity contribution is 5.38. The molecule has 1 aliphatic rings. The number of hydrogen-bond acceptors (Lipinski definition) is 4. The molecule has 0 aromatic carbocycles. The van der Waals surface area contributed by atoms with Gasteiger partial charge in [0, 0.05) is 44.1 Å². The number of aryl methyl sites for hydroxylation is 1. The van der Waals surface area contributed by atoms with Crippen LogP contribution >= 0.6 is 0 Å². The quantitative estimate of drug-likeness (QED) is 0.797. The molecule has 0 radical (unpaired) electrons. The smallest absolute Gasteiger partial charge is 0.128 e. The Morgan fingerprint density at radius 3 is 2.81 bits per heavy atom. The lowest BCUT2D eigenvalue weighted by Gasteiger charge is -2.33. The van der Waals surface area contributed by atoms with Gasteiger partial charge in [0.05, 0.1) is 0 Å². The van der Waals surface area contributed by atoms with Crippen LogP contribution in [-0.2, 0) is 6.42 Å². The number of H-pyrrole nitrogens is 1. The average Bonchev–Trinajstić information content (AvgIpc) is 3.06. The van der Waals surface area contributed by atoms with Crippen LogP contribution in [-0.4, -0.2) is 40.6 Å². The number of nitrogens with one attached hydrogen (secondary N) is 2. The fraction of sp³-hybridized carbons (Fsp3) is 0.500. The fourth-order valence-corrected chi connectivity index (χ4v) is 2.85. The lowest BCUT2D eigenvalue weighted by molar-refractivity contribution is 0.411. The molecule has 5 nitrogen and oxygen atoms in total. The van der Waals surface area contributed by atoms with E-state index in [4.69, 9.17) is 0 Å². The summed E-state index contributed by atoms with van der Waals surface area (Å²) >= 11 is 0. The van der Waals surface area contributed by atoms with E-state index in [0.717, 1.165) is 44.1 Å². The molecule has 1 saturated heterocycles. The topological polar surface area (TPSA) is 56.8 Å². The minimum Gasteiger partial charge on any atom is -0.357 e. The number of anilines is 1. The van der Waals surface area contributed by atoms with E-state index in [0.29, 0.717) is 6.04 Å². The molecule has 0 atom stereocenters. The highest BCUT2D eigenvalue weighted by Crippen LogP contribution is 2.17. The van der Waals surface area contributed by atoms with Gasteiger partial charge >= 0.3 is 0 Å². The number of imidazole rings is 1. The van der Waals surface area contributed by atoms with Gasteiger partial charge in [-0.25, -0.2) is 9.97 Å². The Kier molecular flexibility index (Phi) is 4.84. The first-order chi connectivity index (χ1) is 10.4. The summed E-state index contributed by atoms with van der Waals surface area (Å²) in [7, 11) is 0. The molecule has 5 heteroatoms. The van der Waals surface area contributed by atoms with Crippen molar-refractivity contribution in [2.75, 3.05) is 24.5 Å². The molecule has 1 aliphatic heterocycles. The third-order valence-corrected chi connectivity index (χ3v) is 4.05. The number of nitrogens with zero attached hydrogens (tertiary/aromatic N) is 3. The Bertz CT molecular complexity index is 503. The maximum absolute atomic E-state index is 4.43. The Balaban J connectivity index is 1.34. The fourth-order valence-electron chi connectivity index (χ4n) is 2.85. The van der Waals surface area contributed by atoms with E-state index in [-0.39, 0.29) is 0 Å². The molecule has 0 spiro atoms. The molecule has 21 heavy (non-hydrogen) atoms. The number of piperidine rings is 1. The Labute approximate surface area is 125 Å². The molecule has 1 fully saturated rings. The van der Waals surface area contributed by atoms with Gasteiger partial charge in [0.1, 0.15) is 11.6 Å². The molecule has 0 amide bonds. The highest BCUT2D eigenvalue weighted by atomic mass is 15.2. The number of aromatic amines is 1. The number of pyridine rings is 1. The summed E-state index contributed by atoms with van der Waals surface area (Å²) in [6, 6.07) is 6.76. The van der Waals surface area contributed by atoms with Crippen molar-refractivity contribution in [3.8, 4) is 0 Å². The molecule has 0 aliphatic carbocycles. The number of rotatable bonds is 6. The SMILES string of the molecule is c1ccc(N2CCC(NCCCc3ncc[nH]3)CC2)nc1. The van der Waals surface area contributed by atoms with Crippen molar-refractivity contribution in [2.24, 2.45) is 0 Å². The van der Waals surface area contributed by atoms with E-state index < -0.39 is 0 Å². The van der Waals surface area contributed by atoms with Gasteiger partial charge in [0.2, 0.25) is 0 Å². The molecular weight excluding hydrogens is 262 g/mol. The van der Waals surface area contributed by atoms with E-state index in [1.54, 1.807) is 0 Å². The Morgan fingerprint density at radius 1 is 1.19 bits per heavy atom. The Hall–Kier alpha value is -1.88. The predicted molar refractivity (Wildman–Crippen MR) is 84.4 cm³/mol. The van der Waals surface area contributed by atoms with Crippen molar-refractivity contribution >= 4 is 5.82 Å². The van der Waals surface area contributed by atoms with Gasteiger partial charge in [-0.2, -0.15) is 0 Å². The molecule has 3 rings (SSSR count). The van der Waals surface area contributed by atoms with Crippen LogP contribution in [0.15, 0.2) is 36.8 Å². The van der Waals surface area contributed by atoms with Crippen molar-refractivity contribution in [1.82, 2.24) is 20.3 Å². The molecule has 2 N–H and O–H groups in total. The molecule has 0 bridgehead atoms. The first-order valence-corrected chi connectivity index (χ1v) is 7.79. The van der Waals surface area contributed by atoms with Gasteiger partial charge in [-0.05, 0) is 37.9 Å². The summed E-state index contributed by atoms with van der Waals surface area (Å²) in [6.45, 7) is 3.24. The van der Waals surface area contributed by atoms with E-state index >= 15 is 0 Å². The van der Waals surface area contributed by atoms with Gasteiger partial charge in [-0.1, -0.05) is 6.07 Å². The lowest BCUT2D eigenvalue weighted by atomic mass is 10.0. The first-order valence-electron chi connectivity index (χ1n) is 7.79. The second-order valence-electron chi connectivity index (χ2n) is 5.54. The van der Waals surface area contributed by atoms with E-state index in [1.807, 2.05) is 24.7 Å². The minimum absolute atomic E-state index is 0.640. The lowest BCUT2D eigenvalue weighted by Crippen LogP contribution is -2.43. The van der Waals surface area contributed by atoms with Gasteiger partial charge in [-0.3, -0.25) is 0 Å². The normalized spacial score (nSPS) is 16.3. The molecule has 2 aromatic heterocycles. The summed E-state index contributed by atoms with van der Waals surface area (Å²) < 4.78 is 0. The molecule has 112 valence electrons. The monoisotopic (exact) mass is 285 g/mol. The second-order valence-corrected chi connectivity index (χ2v) is 5.54. The summed E-state index contributed by atoms with van der Waals surface area (Å²) in [5, 5.41) is 3.67. The number of hydrogen-bond donors (Lipinski definition) is 2. The zero-order valence-electron chi connectivity index (χ0n) is 12.3. The highest BCUT2D eigenvalue weighted by Gasteiger charge is 2.19. The maximum Gasteiger partial charge on any atom is 0.128 e. The van der Waals surface area contributed by atoms with Crippen LogP contribution in [0.2, 0.25) is 0 Å². The van der Waals surface area contributed by atoms with Gasteiger partial charge in [-0.15, -0.1) is 0 Å². The van der Waals surface area contributed by atoms with Crippen molar-refractivity contribution in [2.45, 2.75) is 31.7 Å². The summed E-state index contributed by atoms with van der Waals surface area (Å²) in [5.74, 6) is 2.19. The van der Waals surface area contributed by atoms with Gasteiger partial charge in [0.15, 0.2) is 0 Å². The van der Waals surface area contributed by atoms with E-state index in [9.17, 15) is 0 Å². The maximum atomic E-state index is 4.43. The van der Waals surface area contributed by atoms with Crippen LogP contribution < -0.4 is 10.2 Å². The standard InChI is InChI=1S/C16H23N5/c1-2-8-20-16(5-1)21-12-6-14(7-13-21)17-9-3-4-15-18-10-11-19-15/h1-2,5,8,10-11,14,17H,3-4,6-7,9,12-13H2,(H,18,19). The second kappa shape index (κ2) is 7.22. The van der Waals surface area contributed by atoms with Crippen LogP contribution in [0.5, 0.6) is 0 Å². The largest absolute Gasteiger partial charge is 0.357 e. The predicted octanol–water partition coefficient (Wildman–Crippen LogP) is 2.00.